The predicted molar refractivity (Wildman–Crippen MR) is 119 cm³/mol. The van der Waals surface area contributed by atoms with Gasteiger partial charge in [-0.3, -0.25) is 14.5 Å². The number of carbonyl (C=O) groups excluding carboxylic acids is 3. The Balaban J connectivity index is 1.47. The molecule has 2 aromatic rings. The minimum Gasteiger partial charge on any atom is -0.336 e. The fourth-order valence-electron chi connectivity index (χ4n) is 4.15. The van der Waals surface area contributed by atoms with Gasteiger partial charge in [-0.25, -0.2) is 4.79 Å². The van der Waals surface area contributed by atoms with Gasteiger partial charge in [0.1, 0.15) is 5.54 Å². The van der Waals surface area contributed by atoms with E-state index in [2.05, 4.69) is 26.1 Å². The number of nitrogens with one attached hydrogen (secondary N) is 1. The lowest BCUT2D eigenvalue weighted by Crippen LogP contribution is -2.49. The Bertz CT molecular complexity index is 1030. The number of benzene rings is 2. The molecule has 2 fully saturated rings. The van der Waals surface area contributed by atoms with Crippen LogP contribution in [0.1, 0.15) is 48.7 Å². The third-order valence-corrected chi connectivity index (χ3v) is 6.31. The molecule has 0 unspecified atom stereocenters. The Hall–Kier alpha value is -2.86. The minimum atomic E-state index is -1.05. The number of carbonyl (C=O) groups is 3. The molecule has 4 amide bonds. The summed E-state index contributed by atoms with van der Waals surface area (Å²) in [6.45, 7) is 7.13. The molecule has 4 rings (SSSR count). The van der Waals surface area contributed by atoms with Crippen molar-refractivity contribution in [1.82, 2.24) is 15.1 Å². The standard InChI is InChI=1S/C24H26ClN3O3/c1-23(2,3)18-8-6-17(7-9-18)20(29)27-13-12-24(15-27)21(30)28(22(31)26-24)14-16-4-10-19(25)11-5-16/h4-11H,12-15H2,1-3H3,(H,26,31)/t24-/m0/s1. The zero-order valence-corrected chi connectivity index (χ0v) is 18.7. The van der Waals surface area contributed by atoms with E-state index >= 15 is 0 Å². The summed E-state index contributed by atoms with van der Waals surface area (Å²) in [6, 6.07) is 14.2. The molecule has 0 saturated carbocycles. The summed E-state index contributed by atoms with van der Waals surface area (Å²) in [5.41, 5.74) is 1.51. The van der Waals surface area contributed by atoms with Gasteiger partial charge in [-0.1, -0.05) is 56.6 Å². The van der Waals surface area contributed by atoms with Gasteiger partial charge in [0.15, 0.2) is 0 Å². The number of halogens is 1. The van der Waals surface area contributed by atoms with Crippen molar-refractivity contribution in [3.63, 3.8) is 0 Å². The van der Waals surface area contributed by atoms with Crippen LogP contribution in [-0.2, 0) is 16.8 Å². The molecule has 2 aliphatic rings. The van der Waals surface area contributed by atoms with Crippen LogP contribution < -0.4 is 5.32 Å². The molecule has 7 heteroatoms. The van der Waals surface area contributed by atoms with E-state index in [4.69, 9.17) is 11.6 Å². The molecule has 0 aliphatic carbocycles. The monoisotopic (exact) mass is 439 g/mol. The topological polar surface area (TPSA) is 69.7 Å². The quantitative estimate of drug-likeness (QED) is 0.735. The molecular formula is C24H26ClN3O3. The van der Waals surface area contributed by atoms with Crippen LogP contribution in [0.4, 0.5) is 4.79 Å². The van der Waals surface area contributed by atoms with Crippen LogP contribution in [-0.4, -0.2) is 46.3 Å². The van der Waals surface area contributed by atoms with Crippen LogP contribution in [0, 0.1) is 0 Å². The van der Waals surface area contributed by atoms with Crippen molar-refractivity contribution in [2.75, 3.05) is 13.1 Å². The Labute approximate surface area is 187 Å². The molecule has 162 valence electrons. The molecule has 2 heterocycles. The second kappa shape index (κ2) is 7.68. The number of urea groups is 1. The van der Waals surface area contributed by atoms with E-state index in [9.17, 15) is 14.4 Å². The molecule has 6 nitrogen and oxygen atoms in total. The van der Waals surface area contributed by atoms with Crippen molar-refractivity contribution in [3.8, 4) is 0 Å². The number of rotatable bonds is 3. The highest BCUT2D eigenvalue weighted by atomic mass is 35.5. The number of hydrogen-bond acceptors (Lipinski definition) is 3. The van der Waals surface area contributed by atoms with E-state index in [-0.39, 0.29) is 30.3 Å². The first-order valence-electron chi connectivity index (χ1n) is 10.4. The molecule has 2 aromatic carbocycles. The molecule has 1 N–H and O–H groups in total. The molecule has 0 bridgehead atoms. The highest BCUT2D eigenvalue weighted by molar-refractivity contribution is 6.30. The summed E-state index contributed by atoms with van der Waals surface area (Å²) in [4.78, 5) is 41.6. The first-order valence-corrected chi connectivity index (χ1v) is 10.8. The van der Waals surface area contributed by atoms with Gasteiger partial charge < -0.3 is 10.2 Å². The summed E-state index contributed by atoms with van der Waals surface area (Å²) in [6.07, 6.45) is 0.403. The number of likely N-dealkylation sites (tertiary alicyclic amines) is 1. The summed E-state index contributed by atoms with van der Waals surface area (Å²) in [5.74, 6) is -0.415. The van der Waals surface area contributed by atoms with Crippen LogP contribution in [0.25, 0.3) is 0 Å². The molecular weight excluding hydrogens is 414 g/mol. The maximum Gasteiger partial charge on any atom is 0.325 e. The maximum atomic E-state index is 13.1. The van der Waals surface area contributed by atoms with E-state index in [1.807, 2.05) is 24.3 Å². The summed E-state index contributed by atoms with van der Waals surface area (Å²) < 4.78 is 0. The molecule has 1 spiro atoms. The molecule has 1 atom stereocenters. The van der Waals surface area contributed by atoms with E-state index in [0.29, 0.717) is 23.6 Å². The first kappa shape index (κ1) is 21.4. The lowest BCUT2D eigenvalue weighted by atomic mass is 9.86. The zero-order chi connectivity index (χ0) is 22.4. The molecule has 31 heavy (non-hydrogen) atoms. The highest BCUT2D eigenvalue weighted by Crippen LogP contribution is 2.31. The average Bonchev–Trinajstić information content (AvgIpc) is 3.25. The van der Waals surface area contributed by atoms with Crippen molar-refractivity contribution in [2.24, 2.45) is 0 Å². The van der Waals surface area contributed by atoms with Gasteiger partial charge in [-0.05, 0) is 47.2 Å². The smallest absolute Gasteiger partial charge is 0.325 e. The van der Waals surface area contributed by atoms with Gasteiger partial charge in [0.2, 0.25) is 0 Å². The number of amides is 4. The number of nitrogens with zero attached hydrogens (tertiary/aromatic N) is 2. The van der Waals surface area contributed by atoms with Gasteiger partial charge >= 0.3 is 6.03 Å². The Morgan fingerprint density at radius 2 is 1.71 bits per heavy atom. The Kier molecular flexibility index (Phi) is 5.30. The molecule has 2 saturated heterocycles. The second-order valence-electron chi connectivity index (χ2n) is 9.33. The van der Waals surface area contributed by atoms with Crippen LogP contribution >= 0.6 is 11.6 Å². The number of imide groups is 1. The first-order chi connectivity index (χ1) is 14.6. The van der Waals surface area contributed by atoms with E-state index < -0.39 is 11.6 Å². The lowest BCUT2D eigenvalue weighted by Gasteiger charge is -2.23. The Morgan fingerprint density at radius 3 is 2.32 bits per heavy atom. The minimum absolute atomic E-state index is 0.00732. The maximum absolute atomic E-state index is 13.1. The average molecular weight is 440 g/mol. The van der Waals surface area contributed by atoms with Crippen molar-refractivity contribution in [1.29, 1.82) is 0 Å². The summed E-state index contributed by atoms with van der Waals surface area (Å²) >= 11 is 5.91. The van der Waals surface area contributed by atoms with E-state index in [0.717, 1.165) is 11.1 Å². The Morgan fingerprint density at radius 1 is 1.06 bits per heavy atom. The van der Waals surface area contributed by atoms with Gasteiger partial charge in [-0.15, -0.1) is 0 Å². The molecule has 2 aliphatic heterocycles. The third-order valence-electron chi connectivity index (χ3n) is 6.05. The third kappa shape index (κ3) is 4.04. The second-order valence-corrected chi connectivity index (χ2v) is 9.77. The summed E-state index contributed by atoms with van der Waals surface area (Å²) in [5, 5.41) is 3.44. The fraction of sp³-hybridized carbons (Fsp3) is 0.375. The van der Waals surface area contributed by atoms with Crippen LogP contribution in [0.5, 0.6) is 0 Å². The van der Waals surface area contributed by atoms with Crippen molar-refractivity contribution in [2.45, 2.75) is 44.7 Å². The largest absolute Gasteiger partial charge is 0.336 e. The summed E-state index contributed by atoms with van der Waals surface area (Å²) in [7, 11) is 0. The van der Waals surface area contributed by atoms with Crippen molar-refractivity contribution < 1.29 is 14.4 Å². The lowest BCUT2D eigenvalue weighted by molar-refractivity contribution is -0.131. The van der Waals surface area contributed by atoms with Gasteiger partial charge in [0.25, 0.3) is 11.8 Å². The van der Waals surface area contributed by atoms with Crippen molar-refractivity contribution >= 4 is 29.4 Å². The molecule has 0 radical (unpaired) electrons. The van der Waals surface area contributed by atoms with Crippen molar-refractivity contribution in [3.05, 3.63) is 70.2 Å². The highest BCUT2D eigenvalue weighted by Gasteiger charge is 2.55. The number of hydrogen-bond donors (Lipinski definition) is 1. The van der Waals surface area contributed by atoms with E-state index in [1.165, 1.54) is 4.90 Å². The van der Waals surface area contributed by atoms with E-state index in [1.54, 1.807) is 29.2 Å². The van der Waals surface area contributed by atoms with Gasteiger partial charge in [0, 0.05) is 17.1 Å². The molecule has 0 aromatic heterocycles. The van der Waals surface area contributed by atoms with Crippen LogP contribution in [0.3, 0.4) is 0 Å². The van der Waals surface area contributed by atoms with Crippen LogP contribution in [0.2, 0.25) is 5.02 Å². The zero-order valence-electron chi connectivity index (χ0n) is 17.9. The predicted octanol–water partition coefficient (Wildman–Crippen LogP) is 3.97. The van der Waals surface area contributed by atoms with Gasteiger partial charge in [-0.2, -0.15) is 0 Å². The normalized spacial score (nSPS) is 21.2. The SMILES string of the molecule is CC(C)(C)c1ccc(C(=O)N2CC[C@@]3(C2)NC(=O)N(Cc2ccc(Cl)cc2)C3=O)cc1. The fourth-order valence-corrected chi connectivity index (χ4v) is 4.27. The van der Waals surface area contributed by atoms with Crippen LogP contribution in [0.15, 0.2) is 48.5 Å². The van der Waals surface area contributed by atoms with Gasteiger partial charge in [0.05, 0.1) is 13.1 Å².